The Balaban J connectivity index is 2.08. The summed E-state index contributed by atoms with van der Waals surface area (Å²) in [4.78, 5) is 12.1. The van der Waals surface area contributed by atoms with Crippen LogP contribution in [0.1, 0.15) is 31.4 Å². The predicted octanol–water partition coefficient (Wildman–Crippen LogP) is 1.46. The topological polar surface area (TPSA) is 72.5 Å². The summed E-state index contributed by atoms with van der Waals surface area (Å²) in [7, 11) is -2.90. The van der Waals surface area contributed by atoms with Crippen LogP contribution in [-0.4, -0.2) is 38.5 Å². The Morgan fingerprint density at radius 2 is 1.90 bits per heavy atom. The number of sulfone groups is 1. The van der Waals surface area contributed by atoms with Gasteiger partial charge in [0, 0.05) is 6.04 Å². The zero-order valence-electron chi connectivity index (χ0n) is 12.1. The van der Waals surface area contributed by atoms with Gasteiger partial charge in [-0.25, -0.2) is 13.2 Å². The zero-order valence-corrected chi connectivity index (χ0v) is 12.9. The number of carbonyl (C=O) groups excluding carboxylic acids is 1. The molecule has 0 saturated carbocycles. The van der Waals surface area contributed by atoms with Crippen molar-refractivity contribution in [1.29, 1.82) is 0 Å². The van der Waals surface area contributed by atoms with Crippen LogP contribution < -0.4 is 5.32 Å². The molecule has 1 aromatic rings. The Labute approximate surface area is 125 Å². The van der Waals surface area contributed by atoms with Gasteiger partial charge in [-0.3, -0.25) is 5.32 Å². The highest BCUT2D eigenvalue weighted by atomic mass is 32.2. The molecule has 0 bridgehead atoms. The molecule has 1 unspecified atom stereocenters. The molecule has 0 aromatic heterocycles. The summed E-state index contributed by atoms with van der Waals surface area (Å²) in [5.41, 5.74) is 0.837. The molecule has 116 valence electrons. The predicted molar refractivity (Wildman–Crippen MR) is 80.6 cm³/mol. The molecule has 1 heterocycles. The van der Waals surface area contributed by atoms with Gasteiger partial charge < -0.3 is 4.74 Å². The van der Waals surface area contributed by atoms with E-state index in [1.54, 1.807) is 6.92 Å². The monoisotopic (exact) mass is 311 g/mol. The Bertz CT molecular complexity index is 557. The van der Waals surface area contributed by atoms with Crippen LogP contribution in [0, 0.1) is 0 Å². The third-order valence-corrected chi connectivity index (χ3v) is 5.33. The molecule has 2 rings (SSSR count). The van der Waals surface area contributed by atoms with E-state index >= 15 is 0 Å². The quantitative estimate of drug-likeness (QED) is 0.834. The molecule has 1 aromatic carbocycles. The van der Waals surface area contributed by atoms with Gasteiger partial charge in [-0.1, -0.05) is 30.3 Å². The average Bonchev–Trinajstić information content (AvgIpc) is 2.47. The third-order valence-electron chi connectivity index (χ3n) is 3.61. The van der Waals surface area contributed by atoms with E-state index in [2.05, 4.69) is 5.32 Å². The maximum absolute atomic E-state index is 12.1. The lowest BCUT2D eigenvalue weighted by Gasteiger charge is -2.27. The molecular formula is C15H21NO4S. The van der Waals surface area contributed by atoms with E-state index < -0.39 is 15.9 Å². The molecule has 1 fully saturated rings. The van der Waals surface area contributed by atoms with Crippen molar-refractivity contribution in [3.8, 4) is 0 Å². The zero-order chi connectivity index (χ0) is 15.3. The maximum atomic E-state index is 12.1. The first-order valence-electron chi connectivity index (χ1n) is 7.20. The van der Waals surface area contributed by atoms with E-state index in [0.29, 0.717) is 19.4 Å². The summed E-state index contributed by atoms with van der Waals surface area (Å²) < 4.78 is 28.1. The second kappa shape index (κ2) is 7.04. The van der Waals surface area contributed by atoms with Crippen LogP contribution in [-0.2, 0) is 19.4 Å². The van der Waals surface area contributed by atoms with E-state index in [9.17, 15) is 13.2 Å². The average molecular weight is 311 g/mol. The Hall–Kier alpha value is -1.40. The van der Waals surface area contributed by atoms with E-state index in [1.807, 2.05) is 30.3 Å². The van der Waals surface area contributed by atoms with Crippen molar-refractivity contribution in [2.45, 2.75) is 31.8 Å². The molecule has 1 aliphatic rings. The first kappa shape index (κ1) is 16.0. The third kappa shape index (κ3) is 4.54. The van der Waals surface area contributed by atoms with Crippen LogP contribution >= 0.6 is 0 Å². The van der Waals surface area contributed by atoms with E-state index in [-0.39, 0.29) is 23.5 Å². The number of ether oxygens (including phenoxy) is 1. The second-order valence-electron chi connectivity index (χ2n) is 5.19. The first-order chi connectivity index (χ1) is 10.0. The number of hydrogen-bond donors (Lipinski definition) is 1. The smallest absolute Gasteiger partial charge is 0.327 e. The lowest BCUT2D eigenvalue weighted by atomic mass is 10.0. The number of esters is 1. The van der Waals surface area contributed by atoms with Crippen molar-refractivity contribution in [2.75, 3.05) is 18.1 Å². The van der Waals surface area contributed by atoms with Crippen molar-refractivity contribution in [2.24, 2.45) is 0 Å². The number of benzene rings is 1. The molecule has 0 spiro atoms. The van der Waals surface area contributed by atoms with Gasteiger partial charge in [0.05, 0.1) is 18.1 Å². The van der Waals surface area contributed by atoms with E-state index in [4.69, 9.17) is 4.74 Å². The SMILES string of the molecule is CCOC(=O)C(NC1CCS(=O)(=O)CC1)c1ccccc1. The summed E-state index contributed by atoms with van der Waals surface area (Å²) in [5, 5.41) is 3.26. The normalized spacial score (nSPS) is 19.9. The van der Waals surface area contributed by atoms with Crippen LogP contribution in [0.15, 0.2) is 30.3 Å². The summed E-state index contributed by atoms with van der Waals surface area (Å²) >= 11 is 0. The van der Waals surface area contributed by atoms with Gasteiger partial charge in [0.1, 0.15) is 15.9 Å². The largest absolute Gasteiger partial charge is 0.465 e. The Kier molecular flexibility index (Phi) is 5.36. The second-order valence-corrected chi connectivity index (χ2v) is 7.49. The number of rotatable bonds is 5. The molecule has 1 N–H and O–H groups in total. The van der Waals surface area contributed by atoms with Crippen molar-refractivity contribution in [3.05, 3.63) is 35.9 Å². The molecular weight excluding hydrogens is 290 g/mol. The van der Waals surface area contributed by atoms with Crippen molar-refractivity contribution in [3.63, 3.8) is 0 Å². The highest BCUT2D eigenvalue weighted by molar-refractivity contribution is 7.91. The molecule has 1 atom stereocenters. The molecule has 0 amide bonds. The molecule has 5 nitrogen and oxygen atoms in total. The fourth-order valence-corrected chi connectivity index (χ4v) is 3.96. The summed E-state index contributed by atoms with van der Waals surface area (Å²) in [6.07, 6.45) is 1.07. The lowest BCUT2D eigenvalue weighted by Crippen LogP contribution is -2.42. The number of hydrogen-bond acceptors (Lipinski definition) is 5. The van der Waals surface area contributed by atoms with Crippen LogP contribution in [0.5, 0.6) is 0 Å². The van der Waals surface area contributed by atoms with Gasteiger partial charge in [-0.2, -0.15) is 0 Å². The highest BCUT2D eigenvalue weighted by Gasteiger charge is 2.29. The molecule has 21 heavy (non-hydrogen) atoms. The van der Waals surface area contributed by atoms with Crippen molar-refractivity contribution >= 4 is 15.8 Å². The van der Waals surface area contributed by atoms with Gasteiger partial charge in [0.25, 0.3) is 0 Å². The molecule has 0 radical (unpaired) electrons. The highest BCUT2D eigenvalue weighted by Crippen LogP contribution is 2.20. The van der Waals surface area contributed by atoms with Crippen LogP contribution in [0.2, 0.25) is 0 Å². The van der Waals surface area contributed by atoms with E-state index in [0.717, 1.165) is 5.56 Å². The fraction of sp³-hybridized carbons (Fsp3) is 0.533. The standard InChI is InChI=1S/C15H21NO4S/c1-2-20-15(17)14(12-6-4-3-5-7-12)16-13-8-10-21(18,19)11-9-13/h3-7,13-14,16H,2,8-11H2,1H3. The minimum Gasteiger partial charge on any atom is -0.465 e. The van der Waals surface area contributed by atoms with Crippen LogP contribution in [0.25, 0.3) is 0 Å². The van der Waals surface area contributed by atoms with Crippen molar-refractivity contribution in [1.82, 2.24) is 5.32 Å². The van der Waals surface area contributed by atoms with Crippen LogP contribution in [0.4, 0.5) is 0 Å². The fourth-order valence-electron chi connectivity index (χ4n) is 2.46. The van der Waals surface area contributed by atoms with Gasteiger partial charge in [-0.05, 0) is 25.3 Å². The summed E-state index contributed by atoms with van der Waals surface area (Å²) in [5.74, 6) is 0.0291. The summed E-state index contributed by atoms with van der Waals surface area (Å²) in [6, 6.07) is 8.84. The van der Waals surface area contributed by atoms with Gasteiger partial charge in [0.2, 0.25) is 0 Å². The minimum atomic E-state index is -2.90. The molecule has 0 aliphatic carbocycles. The molecule has 6 heteroatoms. The van der Waals surface area contributed by atoms with Crippen LogP contribution in [0.3, 0.4) is 0 Å². The van der Waals surface area contributed by atoms with Gasteiger partial charge in [0.15, 0.2) is 0 Å². The molecule has 1 aliphatic heterocycles. The Morgan fingerprint density at radius 1 is 1.29 bits per heavy atom. The first-order valence-corrected chi connectivity index (χ1v) is 9.02. The maximum Gasteiger partial charge on any atom is 0.327 e. The van der Waals surface area contributed by atoms with Gasteiger partial charge in [-0.15, -0.1) is 0 Å². The van der Waals surface area contributed by atoms with Crippen molar-refractivity contribution < 1.29 is 17.9 Å². The summed E-state index contributed by atoms with van der Waals surface area (Å²) in [6.45, 7) is 2.09. The van der Waals surface area contributed by atoms with E-state index in [1.165, 1.54) is 0 Å². The number of carbonyl (C=O) groups is 1. The minimum absolute atomic E-state index is 0.0168. The lowest BCUT2D eigenvalue weighted by molar-refractivity contribution is -0.146. The number of nitrogens with one attached hydrogen (secondary N) is 1. The van der Waals surface area contributed by atoms with Gasteiger partial charge >= 0.3 is 5.97 Å². The Morgan fingerprint density at radius 3 is 2.48 bits per heavy atom. The molecule has 1 saturated heterocycles.